The number of fused-ring (bicyclic) bond motifs is 2. The normalized spacial score (nSPS) is 48.2. The van der Waals surface area contributed by atoms with Crippen LogP contribution in [0, 0.1) is 34.5 Å². The Morgan fingerprint density at radius 1 is 1.00 bits per heavy atom. The van der Waals surface area contributed by atoms with Crippen LogP contribution in [0.3, 0.4) is 0 Å². The lowest BCUT2D eigenvalue weighted by Gasteiger charge is -2.69. The molecule has 1 aromatic carbocycles. The lowest BCUT2D eigenvalue weighted by atomic mass is 9.43. The first-order chi connectivity index (χ1) is 21.1. The molecule has 0 unspecified atom stereocenters. The van der Waals surface area contributed by atoms with Crippen molar-refractivity contribution in [3.63, 3.8) is 0 Å². The molecule has 1 aromatic rings. The molecule has 1 aliphatic heterocycles. The van der Waals surface area contributed by atoms with E-state index in [0.717, 1.165) is 25.9 Å². The zero-order valence-corrected chi connectivity index (χ0v) is 26.7. The van der Waals surface area contributed by atoms with Crippen LogP contribution in [-0.2, 0) is 33.2 Å². The number of nitrogens with zero attached hydrogens (tertiary/aromatic N) is 1. The second-order valence-electron chi connectivity index (χ2n) is 14.3. The van der Waals surface area contributed by atoms with Crippen molar-refractivity contribution in [2.45, 2.75) is 81.2 Å². The summed E-state index contributed by atoms with van der Waals surface area (Å²) in [7, 11) is 6.90. The second-order valence-corrected chi connectivity index (χ2v) is 14.3. The third kappa shape index (κ3) is 3.58. The van der Waals surface area contributed by atoms with Crippen LogP contribution in [0.4, 0.5) is 0 Å². The van der Waals surface area contributed by atoms with Gasteiger partial charge in [-0.05, 0) is 43.9 Å². The third-order valence-corrected chi connectivity index (χ3v) is 13.0. The van der Waals surface area contributed by atoms with Gasteiger partial charge in [-0.25, -0.2) is 4.79 Å². The van der Waals surface area contributed by atoms with Gasteiger partial charge >= 0.3 is 11.9 Å². The van der Waals surface area contributed by atoms with Gasteiger partial charge in [-0.2, -0.15) is 0 Å². The van der Waals surface area contributed by atoms with E-state index < -0.39 is 46.7 Å². The number of benzene rings is 1. The summed E-state index contributed by atoms with van der Waals surface area (Å²) >= 11 is 0. The minimum Gasteiger partial charge on any atom is -0.458 e. The van der Waals surface area contributed by atoms with Crippen molar-refractivity contribution < 1.29 is 43.1 Å². The highest BCUT2D eigenvalue weighted by Gasteiger charge is 2.89. The van der Waals surface area contributed by atoms with Crippen LogP contribution in [0.5, 0.6) is 0 Å². The van der Waals surface area contributed by atoms with Gasteiger partial charge in [0.1, 0.15) is 17.3 Å². The molecule has 10 nitrogen and oxygen atoms in total. The van der Waals surface area contributed by atoms with Crippen molar-refractivity contribution in [3.8, 4) is 0 Å². The molecule has 0 amide bonds. The van der Waals surface area contributed by atoms with E-state index in [1.807, 2.05) is 6.07 Å². The minimum absolute atomic E-state index is 0.0216. The number of piperidine rings is 1. The Morgan fingerprint density at radius 3 is 2.34 bits per heavy atom. The number of carbonyl (C=O) groups excluding carboxylic acids is 2. The van der Waals surface area contributed by atoms with E-state index in [4.69, 9.17) is 28.4 Å². The fraction of sp³-hybridized carbons (Fsp3) is 0.765. The third-order valence-electron chi connectivity index (χ3n) is 13.0. The molecule has 44 heavy (non-hydrogen) atoms. The Balaban J connectivity index is 1.49. The number of hydrogen-bond acceptors (Lipinski definition) is 10. The molecule has 1 heterocycles. The zero-order chi connectivity index (χ0) is 31.2. The molecule has 6 fully saturated rings. The molecule has 7 rings (SSSR count). The molecule has 6 aliphatic rings. The van der Waals surface area contributed by atoms with Crippen molar-refractivity contribution in [1.82, 2.24) is 4.90 Å². The van der Waals surface area contributed by atoms with Crippen LogP contribution >= 0.6 is 0 Å². The SMILES string of the molecule is CCN1C[C@]2(COC)CC[C@H](OC)[C@@]34[C@@H]5C[C@@]6(O)[C@@H](OC)C[C@@](OC(C)=O)([C@H]5[C@H]6OC(=O)c5ccccc5)[C@@H]([C@H](OC)[C@H]23)[C@@H]14. The first kappa shape index (κ1) is 30.6. The number of rotatable bonds is 9. The van der Waals surface area contributed by atoms with E-state index in [2.05, 4.69) is 11.8 Å². The number of esters is 2. The van der Waals surface area contributed by atoms with Gasteiger partial charge in [0, 0.05) is 83.0 Å². The molecule has 5 aliphatic carbocycles. The zero-order valence-electron chi connectivity index (χ0n) is 26.7. The lowest BCUT2D eigenvalue weighted by molar-refractivity contribution is -0.287. The summed E-state index contributed by atoms with van der Waals surface area (Å²) in [5.74, 6) is -1.85. The standard InChI is InChI=1S/C34H47NO9/c1-7-35-17-31(18-39-3)14-13-22(40-4)34-21-15-32(38)23(41-5)16-33(44-19(2)36,25(28(34)35)26(42-6)27(31)34)24(21)29(32)43-30(37)20-11-9-8-10-12-20/h8-12,21-29,38H,7,13-18H2,1-6H3/t21-,22+,23+,24-,25+,26+,27-,28-,29-,31+,32-,33-,34+/m1/s1. The number of likely N-dealkylation sites (tertiary alicyclic amines) is 1. The Bertz CT molecular complexity index is 1290. The quantitative estimate of drug-likeness (QED) is 0.417. The second kappa shape index (κ2) is 10.5. The van der Waals surface area contributed by atoms with Gasteiger partial charge in [-0.3, -0.25) is 9.69 Å². The minimum atomic E-state index is -1.48. The average Bonchev–Trinajstić information content (AvgIpc) is 3.39. The van der Waals surface area contributed by atoms with Gasteiger partial charge < -0.3 is 33.5 Å². The summed E-state index contributed by atoms with van der Waals surface area (Å²) in [6.07, 6.45) is 0.292. The highest BCUT2D eigenvalue weighted by Crippen LogP contribution is 2.80. The first-order valence-corrected chi connectivity index (χ1v) is 16.1. The largest absolute Gasteiger partial charge is 0.458 e. The number of aliphatic hydroxyl groups is 1. The Hall–Kier alpha value is -2.08. The highest BCUT2D eigenvalue weighted by molar-refractivity contribution is 5.89. The summed E-state index contributed by atoms with van der Waals surface area (Å²) in [5, 5.41) is 12.7. The first-order valence-electron chi connectivity index (χ1n) is 16.1. The number of hydrogen-bond donors (Lipinski definition) is 1. The van der Waals surface area contributed by atoms with Crippen molar-refractivity contribution >= 4 is 11.9 Å². The maximum Gasteiger partial charge on any atom is 0.338 e. The molecular weight excluding hydrogens is 566 g/mol. The van der Waals surface area contributed by atoms with Gasteiger partial charge in [-0.1, -0.05) is 25.1 Å². The number of ether oxygens (including phenoxy) is 6. The lowest BCUT2D eigenvalue weighted by Crippen LogP contribution is -2.77. The summed E-state index contributed by atoms with van der Waals surface area (Å²) in [6.45, 7) is 5.84. The van der Waals surface area contributed by atoms with Crippen LogP contribution in [-0.4, -0.2) is 112 Å². The molecule has 1 N–H and O–H groups in total. The molecule has 242 valence electrons. The summed E-state index contributed by atoms with van der Waals surface area (Å²) in [5.41, 5.74) is -2.88. The Morgan fingerprint density at radius 2 is 1.73 bits per heavy atom. The molecule has 5 saturated carbocycles. The van der Waals surface area contributed by atoms with Crippen molar-refractivity contribution in [2.75, 3.05) is 48.1 Å². The van der Waals surface area contributed by atoms with Crippen molar-refractivity contribution in [2.24, 2.45) is 34.5 Å². The summed E-state index contributed by atoms with van der Waals surface area (Å²) in [6, 6.07) is 8.80. The van der Waals surface area contributed by atoms with Gasteiger partial charge in [0.25, 0.3) is 0 Å². The number of carbonyl (C=O) groups is 2. The monoisotopic (exact) mass is 613 g/mol. The summed E-state index contributed by atoms with van der Waals surface area (Å²) in [4.78, 5) is 29.5. The highest BCUT2D eigenvalue weighted by atomic mass is 16.6. The molecule has 10 heteroatoms. The molecule has 0 aromatic heterocycles. The van der Waals surface area contributed by atoms with Crippen LogP contribution in [0.25, 0.3) is 0 Å². The van der Waals surface area contributed by atoms with Crippen LogP contribution < -0.4 is 0 Å². The molecule has 1 spiro atoms. The van der Waals surface area contributed by atoms with Crippen LogP contribution in [0.2, 0.25) is 0 Å². The molecule has 1 saturated heterocycles. The smallest absolute Gasteiger partial charge is 0.338 e. The summed E-state index contributed by atoms with van der Waals surface area (Å²) < 4.78 is 38.2. The maximum absolute atomic E-state index is 13.7. The van der Waals surface area contributed by atoms with E-state index in [1.54, 1.807) is 52.7 Å². The van der Waals surface area contributed by atoms with E-state index in [9.17, 15) is 14.7 Å². The average molecular weight is 614 g/mol. The number of methoxy groups -OCH3 is 4. The van der Waals surface area contributed by atoms with Gasteiger partial charge in [-0.15, -0.1) is 0 Å². The van der Waals surface area contributed by atoms with Crippen LogP contribution in [0.15, 0.2) is 30.3 Å². The molecule has 7 bridgehead atoms. The van der Waals surface area contributed by atoms with E-state index >= 15 is 0 Å². The van der Waals surface area contributed by atoms with E-state index in [0.29, 0.717) is 18.6 Å². The fourth-order valence-electron chi connectivity index (χ4n) is 12.3. The van der Waals surface area contributed by atoms with Crippen LogP contribution in [0.1, 0.15) is 49.9 Å². The van der Waals surface area contributed by atoms with E-state index in [1.165, 1.54) is 6.92 Å². The Labute approximate surface area is 259 Å². The topological polar surface area (TPSA) is 113 Å². The predicted octanol–water partition coefficient (Wildman–Crippen LogP) is 2.71. The van der Waals surface area contributed by atoms with Gasteiger partial charge in [0.2, 0.25) is 0 Å². The van der Waals surface area contributed by atoms with Gasteiger partial charge in [0.05, 0.1) is 30.5 Å². The predicted molar refractivity (Wildman–Crippen MR) is 158 cm³/mol. The maximum atomic E-state index is 13.7. The van der Waals surface area contributed by atoms with Crippen molar-refractivity contribution in [1.29, 1.82) is 0 Å². The fourth-order valence-corrected chi connectivity index (χ4v) is 12.3. The van der Waals surface area contributed by atoms with Crippen molar-refractivity contribution in [3.05, 3.63) is 35.9 Å². The Kier molecular flexibility index (Phi) is 7.27. The van der Waals surface area contributed by atoms with E-state index in [-0.39, 0.29) is 47.8 Å². The molecule has 0 radical (unpaired) electrons. The molecular formula is C34H47NO9. The molecule has 13 atom stereocenters. The van der Waals surface area contributed by atoms with Gasteiger partial charge in [0.15, 0.2) is 0 Å².